The molecule has 3 aliphatic rings. The van der Waals surface area contributed by atoms with E-state index in [-0.39, 0.29) is 0 Å². The van der Waals surface area contributed by atoms with Gasteiger partial charge in [-0.2, -0.15) is 0 Å². The molecular formula is C12H19NO. The molecule has 0 aromatic heterocycles. The molecule has 2 aliphatic heterocycles. The third kappa shape index (κ3) is 1.60. The van der Waals surface area contributed by atoms with Crippen molar-refractivity contribution in [3.63, 3.8) is 0 Å². The van der Waals surface area contributed by atoms with Crippen LogP contribution in [0.3, 0.4) is 0 Å². The van der Waals surface area contributed by atoms with Gasteiger partial charge in [0.1, 0.15) is 5.78 Å². The number of carbonyl (C=O) groups excluding carboxylic acids is 1. The molecule has 0 spiro atoms. The molecule has 0 N–H and O–H groups in total. The summed E-state index contributed by atoms with van der Waals surface area (Å²) in [4.78, 5) is 14.0. The summed E-state index contributed by atoms with van der Waals surface area (Å²) in [6.07, 6.45) is 8.57. The summed E-state index contributed by atoms with van der Waals surface area (Å²) in [5.74, 6) is 1.55. The minimum atomic E-state index is 0.514. The van der Waals surface area contributed by atoms with Gasteiger partial charge in [0.15, 0.2) is 0 Å². The molecule has 1 saturated carbocycles. The van der Waals surface area contributed by atoms with Crippen molar-refractivity contribution in [2.75, 3.05) is 6.54 Å². The molecule has 1 aliphatic carbocycles. The summed E-state index contributed by atoms with van der Waals surface area (Å²) in [5, 5.41) is 0. The Labute approximate surface area is 85.7 Å². The maximum absolute atomic E-state index is 11.4. The van der Waals surface area contributed by atoms with Crippen LogP contribution in [-0.2, 0) is 4.79 Å². The van der Waals surface area contributed by atoms with Crippen LogP contribution in [0.25, 0.3) is 0 Å². The summed E-state index contributed by atoms with van der Waals surface area (Å²) in [6.45, 7) is 1.27. The SMILES string of the molecule is O=C1CC2CCC(C1)N2CCC1CC1. The van der Waals surface area contributed by atoms with Gasteiger partial charge in [-0.15, -0.1) is 0 Å². The first-order valence-corrected chi connectivity index (χ1v) is 6.10. The Balaban J connectivity index is 1.59. The van der Waals surface area contributed by atoms with Crippen molar-refractivity contribution in [3.8, 4) is 0 Å². The van der Waals surface area contributed by atoms with Gasteiger partial charge in [-0.3, -0.25) is 9.69 Å². The second kappa shape index (κ2) is 3.34. The van der Waals surface area contributed by atoms with E-state index in [0.29, 0.717) is 17.9 Å². The molecule has 14 heavy (non-hydrogen) atoms. The lowest BCUT2D eigenvalue weighted by Gasteiger charge is -2.33. The Kier molecular flexibility index (Phi) is 2.12. The van der Waals surface area contributed by atoms with Crippen molar-refractivity contribution in [2.24, 2.45) is 5.92 Å². The lowest BCUT2D eigenvalue weighted by molar-refractivity contribution is -0.123. The van der Waals surface area contributed by atoms with E-state index < -0.39 is 0 Å². The Bertz CT molecular complexity index is 231. The number of carbonyl (C=O) groups is 1. The van der Waals surface area contributed by atoms with Gasteiger partial charge in [0, 0.05) is 24.9 Å². The highest BCUT2D eigenvalue weighted by Gasteiger charge is 2.40. The highest BCUT2D eigenvalue weighted by Crippen LogP contribution is 2.37. The first-order valence-electron chi connectivity index (χ1n) is 6.10. The van der Waals surface area contributed by atoms with E-state index >= 15 is 0 Å². The second-order valence-corrected chi connectivity index (χ2v) is 5.30. The van der Waals surface area contributed by atoms with E-state index in [4.69, 9.17) is 0 Å². The van der Waals surface area contributed by atoms with E-state index in [0.717, 1.165) is 18.8 Å². The summed E-state index contributed by atoms with van der Waals surface area (Å²) >= 11 is 0. The summed E-state index contributed by atoms with van der Waals surface area (Å²) < 4.78 is 0. The monoisotopic (exact) mass is 193 g/mol. The zero-order valence-electron chi connectivity index (χ0n) is 8.74. The molecule has 2 heterocycles. The van der Waals surface area contributed by atoms with Gasteiger partial charge in [0.25, 0.3) is 0 Å². The number of fused-ring (bicyclic) bond motifs is 2. The molecule has 78 valence electrons. The normalized spacial score (nSPS) is 37.9. The van der Waals surface area contributed by atoms with E-state index in [1.807, 2.05) is 0 Å². The van der Waals surface area contributed by atoms with Gasteiger partial charge in [0.05, 0.1) is 0 Å². The van der Waals surface area contributed by atoms with Crippen molar-refractivity contribution < 1.29 is 4.79 Å². The van der Waals surface area contributed by atoms with Crippen molar-refractivity contribution in [1.82, 2.24) is 4.90 Å². The van der Waals surface area contributed by atoms with Crippen molar-refractivity contribution in [3.05, 3.63) is 0 Å². The average molecular weight is 193 g/mol. The summed E-state index contributed by atoms with van der Waals surface area (Å²) in [5.41, 5.74) is 0. The lowest BCUT2D eigenvalue weighted by Crippen LogP contribution is -2.43. The molecule has 0 radical (unpaired) electrons. The first-order chi connectivity index (χ1) is 6.83. The quantitative estimate of drug-likeness (QED) is 0.683. The molecule has 2 heteroatoms. The maximum atomic E-state index is 11.4. The van der Waals surface area contributed by atoms with Crippen LogP contribution in [-0.4, -0.2) is 29.3 Å². The molecule has 2 bridgehead atoms. The van der Waals surface area contributed by atoms with Crippen LogP contribution in [0.4, 0.5) is 0 Å². The molecule has 0 amide bonds. The van der Waals surface area contributed by atoms with E-state index in [1.165, 1.54) is 38.6 Å². The molecule has 0 aromatic rings. The molecule has 2 unspecified atom stereocenters. The average Bonchev–Trinajstić information content (AvgIpc) is 2.92. The highest BCUT2D eigenvalue weighted by atomic mass is 16.1. The Hall–Kier alpha value is -0.370. The van der Waals surface area contributed by atoms with E-state index in [1.54, 1.807) is 0 Å². The first kappa shape index (κ1) is 8.90. The number of Topliss-reactive ketones (excluding diaryl/α,β-unsaturated/α-hetero) is 1. The Morgan fingerprint density at radius 3 is 2.29 bits per heavy atom. The molecule has 2 nitrogen and oxygen atoms in total. The van der Waals surface area contributed by atoms with Gasteiger partial charge < -0.3 is 0 Å². The maximum Gasteiger partial charge on any atom is 0.136 e. The van der Waals surface area contributed by atoms with Crippen LogP contribution in [0.1, 0.15) is 44.9 Å². The summed E-state index contributed by atoms with van der Waals surface area (Å²) in [7, 11) is 0. The predicted octanol–water partition coefficient (Wildman–Crippen LogP) is 1.98. The van der Waals surface area contributed by atoms with Gasteiger partial charge in [-0.25, -0.2) is 0 Å². The van der Waals surface area contributed by atoms with Crippen LogP contribution in [0.2, 0.25) is 0 Å². The van der Waals surface area contributed by atoms with E-state index in [9.17, 15) is 4.79 Å². The lowest BCUT2D eigenvalue weighted by atomic mass is 10.0. The molecule has 0 aromatic carbocycles. The molecule has 2 atom stereocenters. The molecule has 3 rings (SSSR count). The standard InChI is InChI=1S/C12H19NO/c14-12-7-10-3-4-11(8-12)13(10)6-5-9-1-2-9/h9-11H,1-8H2. The highest BCUT2D eigenvalue weighted by molar-refractivity contribution is 5.80. The van der Waals surface area contributed by atoms with Crippen LogP contribution >= 0.6 is 0 Å². The number of hydrogen-bond donors (Lipinski definition) is 0. The topological polar surface area (TPSA) is 20.3 Å². The number of ketones is 1. The summed E-state index contributed by atoms with van der Waals surface area (Å²) in [6, 6.07) is 1.25. The van der Waals surface area contributed by atoms with Crippen LogP contribution in [0.5, 0.6) is 0 Å². The van der Waals surface area contributed by atoms with Gasteiger partial charge >= 0.3 is 0 Å². The number of hydrogen-bond acceptors (Lipinski definition) is 2. The predicted molar refractivity (Wildman–Crippen MR) is 55.1 cm³/mol. The molecule has 3 fully saturated rings. The fraction of sp³-hybridized carbons (Fsp3) is 0.917. The van der Waals surface area contributed by atoms with Crippen molar-refractivity contribution >= 4 is 5.78 Å². The zero-order valence-corrected chi connectivity index (χ0v) is 8.74. The number of rotatable bonds is 3. The molecule has 2 saturated heterocycles. The largest absolute Gasteiger partial charge is 0.300 e. The van der Waals surface area contributed by atoms with Crippen LogP contribution < -0.4 is 0 Å². The van der Waals surface area contributed by atoms with E-state index in [2.05, 4.69) is 4.90 Å². The fourth-order valence-electron chi connectivity index (χ4n) is 3.17. The number of piperidine rings is 1. The zero-order chi connectivity index (χ0) is 9.54. The number of nitrogens with zero attached hydrogens (tertiary/aromatic N) is 1. The van der Waals surface area contributed by atoms with Crippen molar-refractivity contribution in [1.29, 1.82) is 0 Å². The van der Waals surface area contributed by atoms with Gasteiger partial charge in [-0.05, 0) is 31.7 Å². The molecular weight excluding hydrogens is 174 g/mol. The van der Waals surface area contributed by atoms with Crippen molar-refractivity contribution in [2.45, 2.75) is 57.0 Å². The smallest absolute Gasteiger partial charge is 0.136 e. The van der Waals surface area contributed by atoms with Crippen LogP contribution in [0.15, 0.2) is 0 Å². The van der Waals surface area contributed by atoms with Crippen LogP contribution in [0, 0.1) is 5.92 Å². The third-order valence-electron chi connectivity index (χ3n) is 4.19. The third-order valence-corrected chi connectivity index (χ3v) is 4.19. The van der Waals surface area contributed by atoms with Gasteiger partial charge in [-0.1, -0.05) is 12.8 Å². The fourth-order valence-corrected chi connectivity index (χ4v) is 3.17. The minimum absolute atomic E-state index is 0.514. The Morgan fingerprint density at radius 2 is 1.71 bits per heavy atom. The minimum Gasteiger partial charge on any atom is -0.300 e. The van der Waals surface area contributed by atoms with Gasteiger partial charge in [0.2, 0.25) is 0 Å². The Morgan fingerprint density at radius 1 is 1.07 bits per heavy atom. The second-order valence-electron chi connectivity index (χ2n) is 5.30.